The average molecular weight is 231 g/mol. The zero-order valence-electron chi connectivity index (χ0n) is 10.4. The molecule has 0 aliphatic carbocycles. The second-order valence-corrected chi connectivity index (χ2v) is 4.01. The number of nitrogens with one attached hydrogen (secondary N) is 1. The molecule has 0 aromatic carbocycles. The quantitative estimate of drug-likeness (QED) is 0.874. The summed E-state index contributed by atoms with van der Waals surface area (Å²) in [5.41, 5.74) is 0.941. The highest BCUT2D eigenvalue weighted by Crippen LogP contribution is 2.15. The van der Waals surface area contributed by atoms with E-state index >= 15 is 0 Å². The minimum absolute atomic E-state index is 0.663. The largest absolute Gasteiger partial charge is 0.370 e. The number of hydrogen-bond donors (Lipinski definition) is 1. The molecular weight excluding hydrogens is 214 g/mol. The molecule has 2 heterocycles. The number of hydrogen-bond acceptors (Lipinski definition) is 4. The Morgan fingerprint density at radius 2 is 2.18 bits per heavy atom. The van der Waals surface area contributed by atoms with Gasteiger partial charge in [-0.05, 0) is 13.3 Å². The van der Waals surface area contributed by atoms with Crippen molar-refractivity contribution in [3.05, 3.63) is 24.2 Å². The molecule has 2 aromatic rings. The molecule has 0 saturated heterocycles. The highest BCUT2D eigenvalue weighted by atomic mass is 15.1. The number of aryl methyl sites for hydroxylation is 2. The van der Waals surface area contributed by atoms with Gasteiger partial charge in [0.25, 0.3) is 0 Å². The summed E-state index contributed by atoms with van der Waals surface area (Å²) in [7, 11) is 1.94. The van der Waals surface area contributed by atoms with Gasteiger partial charge in [0.2, 0.25) is 0 Å². The van der Waals surface area contributed by atoms with E-state index in [1.54, 1.807) is 6.20 Å². The number of imidazole rings is 1. The van der Waals surface area contributed by atoms with Crippen LogP contribution < -0.4 is 5.32 Å². The maximum atomic E-state index is 4.47. The summed E-state index contributed by atoms with van der Waals surface area (Å²) in [6.45, 7) is 5.00. The van der Waals surface area contributed by atoms with Crippen molar-refractivity contribution in [1.82, 2.24) is 19.5 Å². The van der Waals surface area contributed by atoms with Gasteiger partial charge in [-0.25, -0.2) is 15.0 Å². The topological polar surface area (TPSA) is 55.6 Å². The van der Waals surface area contributed by atoms with E-state index in [2.05, 4.69) is 27.2 Å². The second-order valence-electron chi connectivity index (χ2n) is 4.01. The highest BCUT2D eigenvalue weighted by Gasteiger charge is 2.08. The van der Waals surface area contributed by atoms with Crippen LogP contribution in [0.5, 0.6) is 0 Å². The molecule has 17 heavy (non-hydrogen) atoms. The normalized spacial score (nSPS) is 10.5. The van der Waals surface area contributed by atoms with Crippen molar-refractivity contribution in [1.29, 1.82) is 0 Å². The Hall–Kier alpha value is -1.91. The molecule has 0 amide bonds. The van der Waals surface area contributed by atoms with Crippen molar-refractivity contribution < 1.29 is 0 Å². The zero-order valence-corrected chi connectivity index (χ0v) is 10.4. The summed E-state index contributed by atoms with van der Waals surface area (Å²) >= 11 is 0. The molecule has 2 rings (SSSR count). The summed E-state index contributed by atoms with van der Waals surface area (Å²) < 4.78 is 1.92. The van der Waals surface area contributed by atoms with Gasteiger partial charge < -0.3 is 9.88 Å². The lowest BCUT2D eigenvalue weighted by atomic mass is 10.4. The fourth-order valence-corrected chi connectivity index (χ4v) is 1.59. The van der Waals surface area contributed by atoms with Crippen LogP contribution in [0.3, 0.4) is 0 Å². The molecule has 5 nitrogen and oxygen atoms in total. The number of nitrogens with zero attached hydrogens (tertiary/aromatic N) is 4. The lowest BCUT2D eigenvalue weighted by molar-refractivity contribution is 0.899. The van der Waals surface area contributed by atoms with Crippen molar-refractivity contribution in [2.24, 2.45) is 7.05 Å². The van der Waals surface area contributed by atoms with Gasteiger partial charge in [-0.3, -0.25) is 0 Å². The third-order valence-electron chi connectivity index (χ3n) is 2.43. The maximum Gasteiger partial charge on any atom is 0.198 e. The number of rotatable bonds is 4. The van der Waals surface area contributed by atoms with Crippen LogP contribution in [-0.4, -0.2) is 26.1 Å². The second kappa shape index (κ2) is 4.95. The van der Waals surface area contributed by atoms with Crippen LogP contribution in [0.4, 0.5) is 5.82 Å². The molecule has 2 aromatic heterocycles. The fourth-order valence-electron chi connectivity index (χ4n) is 1.59. The predicted molar refractivity (Wildman–Crippen MR) is 67.8 cm³/mol. The minimum Gasteiger partial charge on any atom is -0.370 e. The van der Waals surface area contributed by atoms with Crippen molar-refractivity contribution in [3.8, 4) is 11.6 Å². The number of aromatic nitrogens is 4. The van der Waals surface area contributed by atoms with Gasteiger partial charge in [-0.2, -0.15) is 0 Å². The first-order chi connectivity index (χ1) is 8.20. The van der Waals surface area contributed by atoms with Crippen molar-refractivity contribution in [3.63, 3.8) is 0 Å². The van der Waals surface area contributed by atoms with Gasteiger partial charge in [0.1, 0.15) is 5.82 Å². The van der Waals surface area contributed by atoms with E-state index in [0.717, 1.165) is 30.3 Å². The Bertz CT molecular complexity index is 503. The van der Waals surface area contributed by atoms with E-state index in [9.17, 15) is 0 Å². The summed E-state index contributed by atoms with van der Waals surface area (Å²) in [6, 6.07) is 1.95. The average Bonchev–Trinajstić information content (AvgIpc) is 2.72. The Kier molecular flexibility index (Phi) is 3.37. The zero-order chi connectivity index (χ0) is 12.3. The Balaban J connectivity index is 2.35. The molecule has 0 aliphatic rings. The molecule has 5 heteroatoms. The standard InChI is InChI=1S/C12H17N5/c1-4-5-13-10-8-9(2)15-11(16-10)12-14-6-7-17(12)3/h6-8H,4-5H2,1-3H3,(H,13,15,16). The van der Waals surface area contributed by atoms with Gasteiger partial charge in [-0.1, -0.05) is 6.92 Å². The van der Waals surface area contributed by atoms with Crippen LogP contribution in [0.15, 0.2) is 18.5 Å². The van der Waals surface area contributed by atoms with E-state index < -0.39 is 0 Å². The first-order valence-corrected chi connectivity index (χ1v) is 5.78. The van der Waals surface area contributed by atoms with Crippen LogP contribution in [0.1, 0.15) is 19.0 Å². The maximum absolute atomic E-state index is 4.47. The highest BCUT2D eigenvalue weighted by molar-refractivity contribution is 5.49. The molecule has 90 valence electrons. The summed E-state index contributed by atoms with van der Waals surface area (Å²) in [6.07, 6.45) is 4.71. The first kappa shape index (κ1) is 11.6. The lowest BCUT2D eigenvalue weighted by Gasteiger charge is -2.07. The lowest BCUT2D eigenvalue weighted by Crippen LogP contribution is -2.06. The van der Waals surface area contributed by atoms with Crippen LogP contribution >= 0.6 is 0 Å². The molecule has 0 atom stereocenters. The Morgan fingerprint density at radius 3 is 2.82 bits per heavy atom. The van der Waals surface area contributed by atoms with E-state index in [-0.39, 0.29) is 0 Å². The summed E-state index contributed by atoms with van der Waals surface area (Å²) in [4.78, 5) is 13.1. The van der Waals surface area contributed by atoms with Crippen LogP contribution in [0.25, 0.3) is 11.6 Å². The Labute approximate surface area is 101 Å². The molecule has 0 aliphatic heterocycles. The first-order valence-electron chi connectivity index (χ1n) is 5.78. The molecule has 0 bridgehead atoms. The molecule has 1 N–H and O–H groups in total. The fraction of sp³-hybridized carbons (Fsp3) is 0.417. The van der Waals surface area contributed by atoms with Gasteiger partial charge in [-0.15, -0.1) is 0 Å². The predicted octanol–water partition coefficient (Wildman–Crippen LogP) is 2.01. The van der Waals surface area contributed by atoms with E-state index in [4.69, 9.17) is 0 Å². The minimum atomic E-state index is 0.663. The third kappa shape index (κ3) is 2.61. The van der Waals surface area contributed by atoms with Crippen molar-refractivity contribution in [2.45, 2.75) is 20.3 Å². The summed E-state index contributed by atoms with van der Waals surface area (Å²) in [5, 5.41) is 3.27. The molecule has 0 fully saturated rings. The SMILES string of the molecule is CCCNc1cc(C)nc(-c2nccn2C)n1. The van der Waals surface area contributed by atoms with Crippen molar-refractivity contribution in [2.75, 3.05) is 11.9 Å². The van der Waals surface area contributed by atoms with E-state index in [1.807, 2.05) is 30.8 Å². The van der Waals surface area contributed by atoms with Crippen LogP contribution in [-0.2, 0) is 7.05 Å². The molecule has 0 radical (unpaired) electrons. The van der Waals surface area contributed by atoms with E-state index in [0.29, 0.717) is 5.82 Å². The monoisotopic (exact) mass is 231 g/mol. The van der Waals surface area contributed by atoms with Gasteiger partial charge in [0.05, 0.1) is 0 Å². The summed E-state index contributed by atoms with van der Waals surface area (Å²) in [5.74, 6) is 2.31. The Morgan fingerprint density at radius 1 is 1.35 bits per heavy atom. The van der Waals surface area contributed by atoms with Crippen LogP contribution in [0, 0.1) is 6.92 Å². The molecule has 0 unspecified atom stereocenters. The van der Waals surface area contributed by atoms with Gasteiger partial charge in [0.15, 0.2) is 11.6 Å². The van der Waals surface area contributed by atoms with Crippen molar-refractivity contribution >= 4 is 5.82 Å². The van der Waals surface area contributed by atoms with Gasteiger partial charge in [0, 0.05) is 37.7 Å². The van der Waals surface area contributed by atoms with Crippen LogP contribution in [0.2, 0.25) is 0 Å². The molecule has 0 spiro atoms. The van der Waals surface area contributed by atoms with Gasteiger partial charge >= 0.3 is 0 Å². The third-order valence-corrected chi connectivity index (χ3v) is 2.43. The number of anilines is 1. The molecular formula is C12H17N5. The molecule has 0 saturated carbocycles. The smallest absolute Gasteiger partial charge is 0.198 e. The van der Waals surface area contributed by atoms with E-state index in [1.165, 1.54) is 0 Å².